The summed E-state index contributed by atoms with van der Waals surface area (Å²) >= 11 is 0. The van der Waals surface area contributed by atoms with Gasteiger partial charge < -0.3 is 20.3 Å². The van der Waals surface area contributed by atoms with E-state index in [0.29, 0.717) is 19.4 Å². The molecule has 78 heavy (non-hydrogen) atoms. The van der Waals surface area contributed by atoms with Gasteiger partial charge in [0.2, 0.25) is 5.91 Å². The van der Waals surface area contributed by atoms with E-state index in [2.05, 4.69) is 55.6 Å². The Morgan fingerprint density at radius 1 is 0.359 bits per heavy atom. The molecule has 2 unspecified atom stereocenters. The summed E-state index contributed by atoms with van der Waals surface area (Å²) in [6.45, 7) is 4.92. The van der Waals surface area contributed by atoms with Crippen LogP contribution >= 0.6 is 0 Å². The van der Waals surface area contributed by atoms with Crippen molar-refractivity contribution < 1.29 is 24.5 Å². The normalized spacial score (nSPS) is 12.8. The molecular formula is C72H135NO5. The van der Waals surface area contributed by atoms with Gasteiger partial charge in [-0.3, -0.25) is 9.59 Å². The summed E-state index contributed by atoms with van der Waals surface area (Å²) in [4.78, 5) is 24.6. The summed E-state index contributed by atoms with van der Waals surface area (Å²) in [5.74, 6) is -0.0723. The molecule has 0 aliphatic carbocycles. The van der Waals surface area contributed by atoms with Gasteiger partial charge in [-0.1, -0.05) is 319 Å². The van der Waals surface area contributed by atoms with Crippen molar-refractivity contribution in [1.29, 1.82) is 0 Å². The summed E-state index contributed by atoms with van der Waals surface area (Å²) in [6, 6.07) is -0.638. The van der Waals surface area contributed by atoms with Gasteiger partial charge in [0.05, 0.1) is 25.4 Å². The van der Waals surface area contributed by atoms with Crippen molar-refractivity contribution in [3.63, 3.8) is 0 Å². The number of aliphatic hydroxyl groups excluding tert-OH is 2. The second-order valence-electron chi connectivity index (χ2n) is 23.9. The fourth-order valence-corrected chi connectivity index (χ4v) is 10.7. The van der Waals surface area contributed by atoms with Crippen LogP contribution < -0.4 is 5.32 Å². The maximum absolute atomic E-state index is 12.5. The average molecular weight is 1090 g/mol. The molecule has 6 heteroatoms. The van der Waals surface area contributed by atoms with Crippen LogP contribution in [0.4, 0.5) is 0 Å². The highest BCUT2D eigenvalue weighted by Gasteiger charge is 2.18. The van der Waals surface area contributed by atoms with Gasteiger partial charge in [-0.05, 0) is 89.9 Å². The van der Waals surface area contributed by atoms with Crippen molar-refractivity contribution in [2.24, 2.45) is 0 Å². The van der Waals surface area contributed by atoms with Crippen LogP contribution in [-0.2, 0) is 14.3 Å². The van der Waals surface area contributed by atoms with E-state index in [9.17, 15) is 19.8 Å². The molecule has 0 aliphatic rings. The number of ether oxygens (including phenoxy) is 1. The van der Waals surface area contributed by atoms with E-state index in [0.717, 1.165) is 64.2 Å². The number of hydrogen-bond acceptors (Lipinski definition) is 5. The Bertz CT molecular complexity index is 1310. The first-order chi connectivity index (χ1) is 38.5. The highest BCUT2D eigenvalue weighted by atomic mass is 16.5. The third-order valence-electron chi connectivity index (χ3n) is 16.1. The molecule has 0 aromatic heterocycles. The van der Waals surface area contributed by atoms with Crippen molar-refractivity contribution in [3.8, 4) is 0 Å². The second kappa shape index (κ2) is 67.3. The summed E-state index contributed by atoms with van der Waals surface area (Å²) < 4.78 is 5.49. The van der Waals surface area contributed by atoms with Crippen LogP contribution in [0.25, 0.3) is 0 Å². The molecule has 0 rings (SSSR count). The van der Waals surface area contributed by atoms with E-state index >= 15 is 0 Å². The number of carbonyl (C=O) groups is 2. The van der Waals surface area contributed by atoms with Gasteiger partial charge in [0.15, 0.2) is 0 Å². The molecule has 0 heterocycles. The van der Waals surface area contributed by atoms with Crippen LogP contribution in [0.3, 0.4) is 0 Å². The largest absolute Gasteiger partial charge is 0.466 e. The lowest BCUT2D eigenvalue weighted by molar-refractivity contribution is -0.143. The first kappa shape index (κ1) is 75.8. The predicted octanol–water partition coefficient (Wildman–Crippen LogP) is 22.5. The third kappa shape index (κ3) is 63.0. The van der Waals surface area contributed by atoms with Crippen molar-refractivity contribution in [2.45, 2.75) is 386 Å². The molecule has 1 amide bonds. The number of nitrogens with one attached hydrogen (secondary N) is 1. The zero-order valence-electron chi connectivity index (χ0n) is 52.4. The van der Waals surface area contributed by atoms with Crippen LogP contribution in [0.5, 0.6) is 0 Å². The first-order valence-corrected chi connectivity index (χ1v) is 34.9. The van der Waals surface area contributed by atoms with Crippen LogP contribution in [0.2, 0.25) is 0 Å². The van der Waals surface area contributed by atoms with Crippen LogP contribution in [-0.4, -0.2) is 47.4 Å². The lowest BCUT2D eigenvalue weighted by Crippen LogP contribution is -2.45. The minimum Gasteiger partial charge on any atom is -0.466 e. The number of aliphatic hydroxyl groups is 2. The van der Waals surface area contributed by atoms with Gasteiger partial charge in [-0.2, -0.15) is 0 Å². The quantitative estimate of drug-likeness (QED) is 0.0320. The van der Waals surface area contributed by atoms with Gasteiger partial charge in [-0.15, -0.1) is 0 Å². The van der Waals surface area contributed by atoms with Crippen LogP contribution in [0.15, 0.2) is 48.6 Å². The number of carbonyl (C=O) groups excluding carboxylic acids is 2. The number of unbranched alkanes of at least 4 members (excludes halogenated alkanes) is 48. The molecule has 0 radical (unpaired) electrons. The maximum atomic E-state index is 12.5. The van der Waals surface area contributed by atoms with Crippen molar-refractivity contribution in [1.82, 2.24) is 5.32 Å². The molecule has 0 bridgehead atoms. The number of esters is 1. The van der Waals surface area contributed by atoms with Gasteiger partial charge in [0.25, 0.3) is 0 Å². The number of rotatable bonds is 65. The van der Waals surface area contributed by atoms with Gasteiger partial charge in [-0.25, -0.2) is 0 Å². The molecule has 3 N–H and O–H groups in total. The monoisotopic (exact) mass is 1090 g/mol. The number of hydrogen-bond donors (Lipinski definition) is 3. The molecule has 0 spiro atoms. The molecule has 0 aromatic rings. The Morgan fingerprint density at radius 3 is 0.987 bits per heavy atom. The molecule has 0 saturated heterocycles. The van der Waals surface area contributed by atoms with Gasteiger partial charge in [0, 0.05) is 12.8 Å². The Balaban J connectivity index is 3.47. The van der Waals surface area contributed by atoms with E-state index in [1.165, 1.54) is 283 Å². The molecule has 0 saturated carbocycles. The SMILES string of the molecule is CCCCCCCC/C=C\CCCCCCCCCC(=O)OCCCCCCCCCCC/C=C\C/C=C\CCCCCCCCCC(=O)NC(CO)C(O)/C=C/CCCCCCCCCCCCCCCCCCCCC. The fraction of sp³-hybridized carbons (Fsp3) is 0.861. The van der Waals surface area contributed by atoms with Gasteiger partial charge >= 0.3 is 5.97 Å². The molecule has 0 aromatic carbocycles. The summed E-state index contributed by atoms with van der Waals surface area (Å²) in [5.41, 5.74) is 0. The fourth-order valence-electron chi connectivity index (χ4n) is 10.7. The topological polar surface area (TPSA) is 95.9 Å². The van der Waals surface area contributed by atoms with Crippen molar-refractivity contribution in [3.05, 3.63) is 48.6 Å². The number of allylic oxidation sites excluding steroid dienone is 7. The lowest BCUT2D eigenvalue weighted by Gasteiger charge is -2.20. The first-order valence-electron chi connectivity index (χ1n) is 34.9. The standard InChI is InChI=1S/C72H135NO5/c1-3-5-7-9-11-13-15-17-19-21-22-26-29-33-36-40-44-48-52-56-60-64-70(75)69(68-74)73-71(76)65-61-57-53-49-45-41-37-34-30-27-24-23-25-28-31-35-39-43-47-51-55-59-63-67-78-72(77)66-62-58-54-50-46-42-38-32-20-18-16-14-12-10-8-6-4-2/h18,20,23,25,27,30,60,64,69-70,74-75H,3-17,19,21-22,24,26,28-29,31-59,61-63,65-68H2,1-2H3,(H,73,76)/b20-18-,25-23-,30-27-,64-60+. The second-order valence-corrected chi connectivity index (χ2v) is 23.9. The summed E-state index contributed by atoms with van der Waals surface area (Å²) in [6.07, 6.45) is 87.5. The van der Waals surface area contributed by atoms with E-state index in [4.69, 9.17) is 4.74 Å². The zero-order chi connectivity index (χ0) is 56.4. The third-order valence-corrected chi connectivity index (χ3v) is 16.1. The van der Waals surface area contributed by atoms with Crippen LogP contribution in [0, 0.1) is 0 Å². The number of amides is 1. The van der Waals surface area contributed by atoms with Crippen molar-refractivity contribution in [2.75, 3.05) is 13.2 Å². The molecule has 0 aliphatic heterocycles. The maximum Gasteiger partial charge on any atom is 0.305 e. The summed E-state index contributed by atoms with van der Waals surface area (Å²) in [5, 5.41) is 23.2. The van der Waals surface area contributed by atoms with E-state index in [1.807, 2.05) is 6.08 Å². The van der Waals surface area contributed by atoms with E-state index in [-0.39, 0.29) is 18.5 Å². The Labute approximate surface area is 486 Å². The van der Waals surface area contributed by atoms with Crippen molar-refractivity contribution >= 4 is 11.9 Å². The average Bonchev–Trinajstić information content (AvgIpc) is 3.44. The minimum absolute atomic E-state index is 0.00343. The summed E-state index contributed by atoms with van der Waals surface area (Å²) in [7, 11) is 0. The highest BCUT2D eigenvalue weighted by Crippen LogP contribution is 2.18. The molecule has 458 valence electrons. The predicted molar refractivity (Wildman–Crippen MR) is 342 cm³/mol. The van der Waals surface area contributed by atoms with E-state index < -0.39 is 12.1 Å². The Morgan fingerprint density at radius 2 is 0.641 bits per heavy atom. The molecular weight excluding hydrogens is 959 g/mol. The highest BCUT2D eigenvalue weighted by molar-refractivity contribution is 5.76. The molecule has 2 atom stereocenters. The van der Waals surface area contributed by atoms with Gasteiger partial charge in [0.1, 0.15) is 0 Å². The Kier molecular flexibility index (Phi) is 65.4. The Hall–Kier alpha value is -2.18. The van der Waals surface area contributed by atoms with Crippen LogP contribution in [0.1, 0.15) is 373 Å². The lowest BCUT2D eigenvalue weighted by atomic mass is 10.0. The van der Waals surface area contributed by atoms with E-state index in [1.54, 1.807) is 6.08 Å². The molecule has 0 fully saturated rings. The molecule has 6 nitrogen and oxygen atoms in total. The zero-order valence-corrected chi connectivity index (χ0v) is 52.4. The minimum atomic E-state index is -0.853. The smallest absolute Gasteiger partial charge is 0.305 e.